The lowest BCUT2D eigenvalue weighted by molar-refractivity contribution is -0.137. The number of rotatable bonds is 3. The summed E-state index contributed by atoms with van der Waals surface area (Å²) in [5.41, 5.74) is 2.98. The van der Waals surface area contributed by atoms with Crippen molar-refractivity contribution in [2.24, 2.45) is 0 Å². The number of benzene rings is 1. The SMILES string of the molecule is CC(C)(C(=O)N1CCc2cc(C(=O)NO)sc2C1)c1ccc(Cl)cc1. The van der Waals surface area contributed by atoms with Crippen LogP contribution in [-0.2, 0) is 23.2 Å². The smallest absolute Gasteiger partial charge is 0.284 e. The highest BCUT2D eigenvalue weighted by atomic mass is 35.5. The molecule has 0 radical (unpaired) electrons. The van der Waals surface area contributed by atoms with Gasteiger partial charge in [-0.3, -0.25) is 14.8 Å². The predicted octanol–water partition coefficient (Wildman–Crippen LogP) is 3.38. The number of carbonyl (C=O) groups is 2. The number of fused-ring (bicyclic) bond motifs is 1. The molecule has 0 aliphatic carbocycles. The molecular formula is C18H19ClN2O3S. The molecule has 5 nitrogen and oxygen atoms in total. The topological polar surface area (TPSA) is 69.6 Å². The van der Waals surface area contributed by atoms with Crippen LogP contribution >= 0.6 is 22.9 Å². The number of nitrogens with one attached hydrogen (secondary N) is 1. The molecule has 1 aromatic heterocycles. The third-order valence-electron chi connectivity index (χ3n) is 4.60. The van der Waals surface area contributed by atoms with E-state index < -0.39 is 11.3 Å². The molecule has 1 aromatic carbocycles. The Balaban J connectivity index is 1.81. The molecule has 3 rings (SSSR count). The molecule has 2 heterocycles. The number of hydrogen-bond donors (Lipinski definition) is 2. The monoisotopic (exact) mass is 378 g/mol. The summed E-state index contributed by atoms with van der Waals surface area (Å²) in [5.74, 6) is -0.471. The van der Waals surface area contributed by atoms with Crippen molar-refractivity contribution in [2.75, 3.05) is 6.54 Å². The first-order chi connectivity index (χ1) is 11.8. The summed E-state index contributed by atoms with van der Waals surface area (Å²) in [4.78, 5) is 27.9. The van der Waals surface area contributed by atoms with Crippen LogP contribution in [0.5, 0.6) is 0 Å². The van der Waals surface area contributed by atoms with E-state index >= 15 is 0 Å². The second-order valence-electron chi connectivity index (χ2n) is 6.61. The maximum atomic E-state index is 13.1. The predicted molar refractivity (Wildman–Crippen MR) is 97.2 cm³/mol. The van der Waals surface area contributed by atoms with Crippen molar-refractivity contribution in [3.63, 3.8) is 0 Å². The van der Waals surface area contributed by atoms with E-state index in [4.69, 9.17) is 16.8 Å². The van der Waals surface area contributed by atoms with Crippen molar-refractivity contribution < 1.29 is 14.8 Å². The first kappa shape index (κ1) is 17.9. The number of hydrogen-bond acceptors (Lipinski definition) is 4. The maximum absolute atomic E-state index is 13.1. The number of amides is 2. The number of thiophene rings is 1. The van der Waals surface area contributed by atoms with Gasteiger partial charge in [0, 0.05) is 16.4 Å². The average molecular weight is 379 g/mol. The molecule has 7 heteroatoms. The van der Waals surface area contributed by atoms with Crippen LogP contribution in [0.15, 0.2) is 30.3 Å². The van der Waals surface area contributed by atoms with Gasteiger partial charge in [0.15, 0.2) is 0 Å². The molecule has 0 saturated heterocycles. The van der Waals surface area contributed by atoms with E-state index in [2.05, 4.69) is 0 Å². The lowest BCUT2D eigenvalue weighted by Gasteiger charge is -2.34. The summed E-state index contributed by atoms with van der Waals surface area (Å²) in [5, 5.41) is 9.42. The highest BCUT2D eigenvalue weighted by Crippen LogP contribution is 2.32. The van der Waals surface area contributed by atoms with Gasteiger partial charge in [-0.15, -0.1) is 11.3 Å². The Hall–Kier alpha value is -1.89. The average Bonchev–Trinajstić information content (AvgIpc) is 3.03. The maximum Gasteiger partial charge on any atom is 0.284 e. The van der Waals surface area contributed by atoms with E-state index in [9.17, 15) is 9.59 Å². The number of halogens is 1. The van der Waals surface area contributed by atoms with Crippen molar-refractivity contribution in [2.45, 2.75) is 32.2 Å². The van der Waals surface area contributed by atoms with Crippen molar-refractivity contribution in [1.29, 1.82) is 0 Å². The van der Waals surface area contributed by atoms with Crippen LogP contribution in [0, 0.1) is 0 Å². The fourth-order valence-electron chi connectivity index (χ4n) is 3.05. The van der Waals surface area contributed by atoms with Gasteiger partial charge >= 0.3 is 0 Å². The minimum atomic E-state index is -0.662. The Morgan fingerprint density at radius 3 is 2.60 bits per heavy atom. The molecule has 25 heavy (non-hydrogen) atoms. The van der Waals surface area contributed by atoms with E-state index in [1.807, 2.05) is 30.9 Å². The highest BCUT2D eigenvalue weighted by Gasteiger charge is 2.35. The molecule has 2 aromatic rings. The molecule has 2 N–H and O–H groups in total. The normalized spacial score (nSPS) is 14.2. The molecule has 0 fully saturated rings. The Bertz CT molecular complexity index is 814. The Morgan fingerprint density at radius 1 is 1.28 bits per heavy atom. The molecular weight excluding hydrogens is 360 g/mol. The van der Waals surface area contributed by atoms with Crippen molar-refractivity contribution in [1.82, 2.24) is 10.4 Å². The third kappa shape index (κ3) is 3.42. The quantitative estimate of drug-likeness (QED) is 0.635. The van der Waals surface area contributed by atoms with Crippen LogP contribution in [-0.4, -0.2) is 28.5 Å². The molecule has 0 atom stereocenters. The lowest BCUT2D eigenvalue weighted by atomic mass is 9.83. The van der Waals surface area contributed by atoms with Gasteiger partial charge in [-0.05, 0) is 49.6 Å². The molecule has 0 spiro atoms. The lowest BCUT2D eigenvalue weighted by Crippen LogP contribution is -2.45. The van der Waals surface area contributed by atoms with Gasteiger partial charge in [-0.2, -0.15) is 0 Å². The van der Waals surface area contributed by atoms with E-state index in [1.54, 1.807) is 23.7 Å². The second kappa shape index (κ2) is 6.78. The second-order valence-corrected chi connectivity index (χ2v) is 8.18. The molecule has 1 aliphatic heterocycles. The van der Waals surface area contributed by atoms with Crippen LogP contribution in [0.3, 0.4) is 0 Å². The Kier molecular flexibility index (Phi) is 4.86. The molecule has 0 saturated carbocycles. The van der Waals surface area contributed by atoms with E-state index in [1.165, 1.54) is 11.3 Å². The largest absolute Gasteiger partial charge is 0.336 e. The molecule has 1 aliphatic rings. The van der Waals surface area contributed by atoms with Gasteiger partial charge in [0.2, 0.25) is 5.91 Å². The van der Waals surface area contributed by atoms with Gasteiger partial charge in [0.25, 0.3) is 5.91 Å². The van der Waals surface area contributed by atoms with Crippen LogP contribution < -0.4 is 5.48 Å². The van der Waals surface area contributed by atoms with Crippen LogP contribution in [0.4, 0.5) is 0 Å². The first-order valence-corrected chi connectivity index (χ1v) is 9.14. The van der Waals surface area contributed by atoms with E-state index in [0.29, 0.717) is 29.4 Å². The number of carbonyl (C=O) groups excluding carboxylic acids is 2. The number of nitrogens with zero attached hydrogens (tertiary/aromatic N) is 1. The molecule has 0 bridgehead atoms. The Morgan fingerprint density at radius 2 is 1.96 bits per heavy atom. The van der Waals surface area contributed by atoms with Crippen molar-refractivity contribution >= 4 is 34.8 Å². The van der Waals surface area contributed by atoms with Gasteiger partial charge in [0.1, 0.15) is 0 Å². The van der Waals surface area contributed by atoms with Gasteiger partial charge in [-0.1, -0.05) is 23.7 Å². The third-order valence-corrected chi connectivity index (χ3v) is 6.01. The van der Waals surface area contributed by atoms with E-state index in [0.717, 1.165) is 16.0 Å². The number of hydroxylamine groups is 1. The summed E-state index contributed by atoms with van der Waals surface area (Å²) >= 11 is 7.26. The summed E-state index contributed by atoms with van der Waals surface area (Å²) < 4.78 is 0. The fraction of sp³-hybridized carbons (Fsp3) is 0.333. The highest BCUT2D eigenvalue weighted by molar-refractivity contribution is 7.14. The van der Waals surface area contributed by atoms with Gasteiger partial charge in [0.05, 0.1) is 16.8 Å². The standard InChI is InChI=1S/C18H19ClN2O3S/c1-18(2,12-3-5-13(19)6-4-12)17(23)21-8-7-11-9-14(16(22)20-24)25-15(11)10-21/h3-6,9,24H,7-8,10H2,1-2H3,(H,20,22). The zero-order valence-electron chi connectivity index (χ0n) is 14.0. The van der Waals surface area contributed by atoms with E-state index in [-0.39, 0.29) is 5.91 Å². The van der Waals surface area contributed by atoms with Gasteiger partial charge < -0.3 is 4.90 Å². The zero-order chi connectivity index (χ0) is 18.2. The summed E-state index contributed by atoms with van der Waals surface area (Å²) in [6.07, 6.45) is 0.701. The minimum absolute atomic E-state index is 0.0435. The molecule has 2 amide bonds. The van der Waals surface area contributed by atoms with Gasteiger partial charge in [-0.25, -0.2) is 5.48 Å². The fourth-order valence-corrected chi connectivity index (χ4v) is 4.29. The molecule has 0 unspecified atom stereocenters. The summed E-state index contributed by atoms with van der Waals surface area (Å²) in [6.45, 7) is 4.91. The van der Waals surface area contributed by atoms with Crippen LogP contribution in [0.2, 0.25) is 5.02 Å². The van der Waals surface area contributed by atoms with Crippen LogP contribution in [0.1, 0.15) is 39.5 Å². The first-order valence-electron chi connectivity index (χ1n) is 7.94. The van der Waals surface area contributed by atoms with Crippen molar-refractivity contribution in [3.05, 3.63) is 56.2 Å². The van der Waals surface area contributed by atoms with Crippen LogP contribution in [0.25, 0.3) is 0 Å². The summed E-state index contributed by atoms with van der Waals surface area (Å²) in [7, 11) is 0. The molecule has 132 valence electrons. The van der Waals surface area contributed by atoms with Crippen molar-refractivity contribution in [3.8, 4) is 0 Å². The zero-order valence-corrected chi connectivity index (χ0v) is 15.6. The summed E-state index contributed by atoms with van der Waals surface area (Å²) in [6, 6.07) is 9.13. The minimum Gasteiger partial charge on any atom is -0.336 e. The Labute approximate surface area is 155 Å².